The SMILES string of the molecule is CC[C@@H]1C[C@@H](OC(C)(O)OC[C@@H]2C[C@@H](O[P+](C)(O)OC[C@@H]3C[C@@H](OC(C)(C)C)CN3C(=O)CCCCOC3OC(CO)C(O)C(O)C3NC(C)=O)CN2C(=O)CCCCOC2OC(CO)C(O)C(O)C2NC(C)=O)CN1C(=O)CCCCOC1OC(CO)C(O)C(O)C1NC(C)=O. The Kier molecular flexibility index (Phi) is 32.3. The molecule has 6 rings (SSSR count). The van der Waals surface area contributed by atoms with Gasteiger partial charge in [-0.15, -0.1) is 0 Å². The average molecular weight is 1420 g/mol. The number of ether oxygens (including phenoxy) is 9. The van der Waals surface area contributed by atoms with Crippen LogP contribution in [0.25, 0.3) is 0 Å². The molecule has 0 aromatic heterocycles. The van der Waals surface area contributed by atoms with Crippen molar-refractivity contribution in [3.63, 3.8) is 0 Å². The summed E-state index contributed by atoms with van der Waals surface area (Å²) in [5, 5.41) is 111. The minimum atomic E-state index is -3.74. The summed E-state index contributed by atoms with van der Waals surface area (Å²) >= 11 is 0. The predicted molar refractivity (Wildman–Crippen MR) is 338 cm³/mol. The topological polar surface area (TPSA) is 472 Å². The average Bonchev–Trinajstić information content (AvgIpc) is 1.79. The summed E-state index contributed by atoms with van der Waals surface area (Å²) in [7, 11) is -3.74. The van der Waals surface area contributed by atoms with E-state index >= 15 is 0 Å². The first-order valence-electron chi connectivity index (χ1n) is 33.7. The molecule has 6 aliphatic rings. The number of amides is 6. The number of aliphatic hydroxyl groups is 10. The molecule has 6 saturated heterocycles. The van der Waals surface area contributed by atoms with E-state index in [-0.39, 0.29) is 121 Å². The van der Waals surface area contributed by atoms with E-state index in [9.17, 15) is 84.7 Å². The van der Waals surface area contributed by atoms with Gasteiger partial charge < -0.3 is 124 Å². The molecule has 6 aliphatic heterocycles. The lowest BCUT2D eigenvalue weighted by atomic mass is 9.97. The van der Waals surface area contributed by atoms with Crippen molar-refractivity contribution < 1.29 is 136 Å². The van der Waals surface area contributed by atoms with Gasteiger partial charge in [-0.2, -0.15) is 13.9 Å². The van der Waals surface area contributed by atoms with Gasteiger partial charge >= 0.3 is 7.94 Å². The molecule has 0 aromatic carbocycles. The van der Waals surface area contributed by atoms with Crippen molar-refractivity contribution in [2.45, 2.75) is 279 Å². The fraction of sp³-hybridized carbons (Fsp3) is 0.903. The summed E-state index contributed by atoms with van der Waals surface area (Å²) in [6, 6.07) is -4.94. The standard InChI is InChI=1S/C62H109N6O28P/c1-10-37-23-41(27-66(37)46(75)17-11-14-20-86-58-49(63-34(2)72)55(81)52(78)43(29-69)91-58)95-62(8,84)89-32-38-25-42(28-68(38)48(77)19-13-16-22-88-60-51(65-36(4)74)57(83)54(80)45(31-71)93-60)96-97(9,85)90-33-39-24-40(94-61(5,6)7)26-67(39)47(76)18-12-15-21-87-59-50(64-35(3)73)56(82)53(79)44(30-70)92-59/h37-45,49-60,69-71,78-85H,10-33H2,1-9H3,(H2-,63,64,65,72,73,74)/p+1/t37-,38+,39+,40-,41-,42-,43?,44?,45?,49?,50?,51?,52?,53?,54?,55?,56?,57?,58?,59?,60?,62?,97?/m1/s1. The highest BCUT2D eigenvalue weighted by atomic mass is 31.2. The van der Waals surface area contributed by atoms with Gasteiger partial charge in [0.15, 0.2) is 18.9 Å². The molecule has 0 radical (unpaired) electrons. The minimum absolute atomic E-state index is 0.0191. The number of nitrogens with zero attached hydrogens (tertiary/aromatic N) is 3. The van der Waals surface area contributed by atoms with E-state index in [0.29, 0.717) is 44.9 Å². The summed E-state index contributed by atoms with van der Waals surface area (Å²) in [6.07, 6.45) is -14.4. The first-order chi connectivity index (χ1) is 45.7. The number of carbonyl (C=O) groups excluding carboxylic acids is 6. The van der Waals surface area contributed by atoms with Crippen LogP contribution in [0.1, 0.15) is 139 Å². The second-order valence-electron chi connectivity index (χ2n) is 27.1. The fourth-order valence-corrected chi connectivity index (χ4v) is 14.3. The smallest absolute Gasteiger partial charge is 0.394 e. The Morgan fingerprint density at radius 3 is 1.21 bits per heavy atom. The molecule has 0 aromatic rings. The molecule has 0 spiro atoms. The van der Waals surface area contributed by atoms with E-state index in [2.05, 4.69) is 16.0 Å². The van der Waals surface area contributed by atoms with Crippen molar-refractivity contribution in [1.82, 2.24) is 30.7 Å². The van der Waals surface area contributed by atoms with Crippen LogP contribution in [0.15, 0.2) is 0 Å². The first kappa shape index (κ1) is 82.3. The quantitative estimate of drug-likeness (QED) is 0.0165. The molecule has 6 amide bonds. The summed E-state index contributed by atoms with van der Waals surface area (Å²) in [4.78, 5) is 94.4. The van der Waals surface area contributed by atoms with Gasteiger partial charge in [0.25, 0.3) is 5.97 Å². The maximum Gasteiger partial charge on any atom is 0.406 e. The highest BCUT2D eigenvalue weighted by molar-refractivity contribution is 7.59. The molecule has 560 valence electrons. The number of rotatable bonds is 36. The molecule has 0 bridgehead atoms. The predicted octanol–water partition coefficient (Wildman–Crippen LogP) is -3.37. The Morgan fingerprint density at radius 1 is 0.505 bits per heavy atom. The fourth-order valence-electron chi connectivity index (χ4n) is 13.1. The summed E-state index contributed by atoms with van der Waals surface area (Å²) in [5.74, 6) is -4.50. The van der Waals surface area contributed by atoms with Crippen molar-refractivity contribution in [2.75, 3.05) is 79.2 Å². The van der Waals surface area contributed by atoms with E-state index in [0.717, 1.165) is 0 Å². The van der Waals surface area contributed by atoms with Crippen LogP contribution >= 0.6 is 7.94 Å². The number of carbonyl (C=O) groups is 6. The molecule has 17 unspecified atom stereocenters. The van der Waals surface area contributed by atoms with Crippen molar-refractivity contribution >= 4 is 43.4 Å². The zero-order valence-electron chi connectivity index (χ0n) is 57.2. The van der Waals surface area contributed by atoms with E-state index < -0.39 is 173 Å². The second kappa shape index (κ2) is 38.0. The highest BCUT2D eigenvalue weighted by Crippen LogP contribution is 2.55. The molecule has 23 atom stereocenters. The van der Waals surface area contributed by atoms with Crippen molar-refractivity contribution in [3.05, 3.63) is 0 Å². The third kappa shape index (κ3) is 24.5. The number of nitrogens with one attached hydrogen (secondary N) is 3. The number of hydrogen-bond acceptors (Lipinski definition) is 28. The van der Waals surface area contributed by atoms with Crippen LogP contribution in [0.4, 0.5) is 0 Å². The van der Waals surface area contributed by atoms with Crippen LogP contribution in [0.3, 0.4) is 0 Å². The number of hydrogen-bond donors (Lipinski definition) is 14. The van der Waals surface area contributed by atoms with Gasteiger partial charge in [0, 0.05) is 92.3 Å². The third-order valence-corrected chi connectivity index (χ3v) is 19.1. The molecule has 6 fully saturated rings. The van der Waals surface area contributed by atoms with Gasteiger partial charge in [-0.05, 0) is 78.6 Å². The number of unbranched alkanes of at least 4 members (excludes halogenated alkanes) is 3. The van der Waals surface area contributed by atoms with Crippen LogP contribution in [-0.2, 0) is 80.4 Å². The van der Waals surface area contributed by atoms with Gasteiger partial charge in [0.05, 0.1) is 62.9 Å². The van der Waals surface area contributed by atoms with E-state index in [1.807, 2.05) is 27.7 Å². The van der Waals surface area contributed by atoms with E-state index in [1.165, 1.54) is 39.3 Å². The van der Waals surface area contributed by atoms with Crippen LogP contribution in [0.2, 0.25) is 0 Å². The highest BCUT2D eigenvalue weighted by Gasteiger charge is 2.51. The lowest BCUT2D eigenvalue weighted by Crippen LogP contribution is -2.64. The van der Waals surface area contributed by atoms with Crippen molar-refractivity contribution in [2.24, 2.45) is 0 Å². The Balaban J connectivity index is 1.05. The van der Waals surface area contributed by atoms with E-state index in [4.69, 9.17) is 51.7 Å². The van der Waals surface area contributed by atoms with Gasteiger partial charge in [0.2, 0.25) is 35.4 Å². The number of likely N-dealkylation sites (tertiary alicyclic amines) is 3. The molecular formula is C62H110N6O28P+. The van der Waals surface area contributed by atoms with Gasteiger partial charge in [-0.3, -0.25) is 28.8 Å². The molecule has 97 heavy (non-hydrogen) atoms. The zero-order chi connectivity index (χ0) is 71.7. The Labute approximate surface area is 566 Å². The van der Waals surface area contributed by atoms with Crippen LogP contribution < -0.4 is 16.0 Å². The maximum atomic E-state index is 14.3. The normalized spacial score (nSPS) is 34.5. The van der Waals surface area contributed by atoms with Crippen LogP contribution in [0.5, 0.6) is 0 Å². The van der Waals surface area contributed by atoms with Gasteiger partial charge in [-0.25, -0.2) is 0 Å². The number of aliphatic hydroxyl groups excluding tert-OH is 9. The molecular weight excluding hydrogens is 1310 g/mol. The monoisotopic (exact) mass is 1420 g/mol. The Hall–Kier alpha value is -3.63. The van der Waals surface area contributed by atoms with Crippen molar-refractivity contribution in [3.8, 4) is 0 Å². The molecule has 35 heteroatoms. The summed E-state index contributed by atoms with van der Waals surface area (Å²) in [6.45, 7) is 12.1. The lowest BCUT2D eigenvalue weighted by Gasteiger charge is -2.42. The maximum absolute atomic E-state index is 14.3. The van der Waals surface area contributed by atoms with Crippen LogP contribution in [0, 0.1) is 0 Å². The van der Waals surface area contributed by atoms with Gasteiger partial charge in [0.1, 0.15) is 92.4 Å². The van der Waals surface area contributed by atoms with Crippen LogP contribution in [-0.4, -0.2) is 325 Å². The summed E-state index contributed by atoms with van der Waals surface area (Å²) in [5.41, 5.74) is -0.565. The zero-order valence-corrected chi connectivity index (χ0v) is 58.1. The largest absolute Gasteiger partial charge is 0.406 e. The van der Waals surface area contributed by atoms with Crippen molar-refractivity contribution in [1.29, 1.82) is 0 Å². The third-order valence-electron chi connectivity index (χ3n) is 17.8. The first-order valence-corrected chi connectivity index (χ1v) is 35.8. The van der Waals surface area contributed by atoms with Gasteiger partial charge in [-0.1, -0.05) is 6.92 Å². The molecule has 14 N–H and O–H groups in total. The lowest BCUT2D eigenvalue weighted by molar-refractivity contribution is -0.364. The Bertz CT molecular complexity index is 2490. The molecule has 6 heterocycles. The Morgan fingerprint density at radius 2 is 0.845 bits per heavy atom. The minimum Gasteiger partial charge on any atom is -0.394 e. The second-order valence-corrected chi connectivity index (χ2v) is 29.2. The molecule has 0 aliphatic carbocycles. The molecule has 0 saturated carbocycles. The molecule has 34 nitrogen and oxygen atoms in total. The summed E-state index contributed by atoms with van der Waals surface area (Å²) < 4.78 is 65.5. The van der Waals surface area contributed by atoms with E-state index in [1.54, 1.807) is 9.80 Å².